The maximum atomic E-state index is 11.6. The number of carboxylic acids is 1. The first-order valence-corrected chi connectivity index (χ1v) is 11.5. The molecule has 0 radical (unpaired) electrons. The summed E-state index contributed by atoms with van der Waals surface area (Å²) in [5.74, 6) is 0.370. The number of hydrogen-bond acceptors (Lipinski definition) is 7. The molecule has 1 aliphatic heterocycles. The predicted molar refractivity (Wildman–Crippen MR) is 123 cm³/mol. The minimum Gasteiger partial charge on any atom is -0.481 e. The molecule has 0 unspecified atom stereocenters. The molecular weight excluding hydrogens is 426 g/mol. The molecule has 9 heteroatoms. The second kappa shape index (κ2) is 9.32. The number of rotatable bonds is 8. The molecule has 0 fully saturated rings. The van der Waals surface area contributed by atoms with Crippen LogP contribution in [0.5, 0.6) is 0 Å². The lowest BCUT2D eigenvalue weighted by atomic mass is 9.97. The van der Waals surface area contributed by atoms with Gasteiger partial charge in [-0.1, -0.05) is 24.3 Å². The molecule has 0 amide bonds. The molecule has 32 heavy (non-hydrogen) atoms. The van der Waals surface area contributed by atoms with E-state index in [2.05, 4.69) is 53.8 Å². The van der Waals surface area contributed by atoms with Gasteiger partial charge in [0.1, 0.15) is 16.9 Å². The first kappa shape index (κ1) is 22.3. The Balaban J connectivity index is 1.78. The zero-order valence-electron chi connectivity index (χ0n) is 18.4. The first-order valence-electron chi connectivity index (χ1n) is 10.7. The van der Waals surface area contributed by atoms with E-state index < -0.39 is 12.0 Å². The average Bonchev–Trinajstić information content (AvgIpc) is 3.24. The quantitative estimate of drug-likeness (QED) is 0.352. The minimum atomic E-state index is -0.920. The number of nitrogens with zero attached hydrogens (tertiary/aromatic N) is 4. The predicted octanol–water partition coefficient (Wildman–Crippen LogP) is 3.92. The number of unbranched alkanes of at least 4 members (excludes halogenated alkanes) is 1. The van der Waals surface area contributed by atoms with Crippen LogP contribution < -0.4 is 5.48 Å². The van der Waals surface area contributed by atoms with Crippen molar-refractivity contribution in [3.8, 4) is 5.00 Å². The number of aliphatic carboxylic acids is 1. The Morgan fingerprint density at radius 1 is 1.16 bits per heavy atom. The largest absolute Gasteiger partial charge is 0.481 e. The number of fused-ring (bicyclic) bond motifs is 3. The highest BCUT2D eigenvalue weighted by Gasteiger charge is 2.32. The van der Waals surface area contributed by atoms with Gasteiger partial charge >= 0.3 is 5.97 Å². The van der Waals surface area contributed by atoms with Crippen molar-refractivity contribution in [1.82, 2.24) is 20.2 Å². The number of thiophene rings is 1. The summed E-state index contributed by atoms with van der Waals surface area (Å²) in [6.45, 7) is 6.64. The van der Waals surface area contributed by atoms with Crippen molar-refractivity contribution in [3.63, 3.8) is 0 Å². The van der Waals surface area contributed by atoms with E-state index in [9.17, 15) is 9.90 Å². The van der Waals surface area contributed by atoms with E-state index in [4.69, 9.17) is 10.2 Å². The third-order valence-electron chi connectivity index (χ3n) is 5.84. The number of benzene rings is 1. The molecular formula is C23H27N5O3S. The number of aliphatic imine (C=N–C) groups is 1. The maximum Gasteiger partial charge on any atom is 0.306 e. The molecule has 168 valence electrons. The normalized spacial score (nSPS) is 15.1. The lowest BCUT2D eigenvalue weighted by Gasteiger charge is -2.11. The van der Waals surface area contributed by atoms with Crippen LogP contribution in [0, 0.1) is 20.8 Å². The third-order valence-corrected chi connectivity index (χ3v) is 7.03. The number of hydroxylamine groups is 1. The number of carbonyl (C=O) groups is 1. The molecule has 0 spiro atoms. The summed E-state index contributed by atoms with van der Waals surface area (Å²) in [5.41, 5.74) is 7.32. The highest BCUT2D eigenvalue weighted by Crippen LogP contribution is 2.39. The van der Waals surface area contributed by atoms with Crippen LogP contribution in [0.4, 0.5) is 0 Å². The topological polar surface area (TPSA) is 113 Å². The van der Waals surface area contributed by atoms with Gasteiger partial charge in [0.2, 0.25) is 0 Å². The summed E-state index contributed by atoms with van der Waals surface area (Å²) in [6.07, 6.45) is 2.66. The van der Waals surface area contributed by atoms with Crippen molar-refractivity contribution in [2.24, 2.45) is 4.99 Å². The number of carboxylic acid groups (broad SMARTS) is 1. The number of hydrogen-bond donors (Lipinski definition) is 3. The van der Waals surface area contributed by atoms with Crippen molar-refractivity contribution in [1.29, 1.82) is 0 Å². The lowest BCUT2D eigenvalue weighted by Crippen LogP contribution is -2.10. The SMILES string of the molecule is Cc1sc2c(c1C)C(c1ccc(CCCCNO)cc1)=N[C@@H](CC(=O)O)c1nnc(C)n1-2. The molecule has 3 heterocycles. The van der Waals surface area contributed by atoms with Crippen LogP contribution in [-0.2, 0) is 11.2 Å². The van der Waals surface area contributed by atoms with Crippen LogP contribution in [0.2, 0.25) is 0 Å². The van der Waals surface area contributed by atoms with Gasteiger partial charge in [-0.15, -0.1) is 21.5 Å². The molecule has 0 saturated carbocycles. The number of aromatic nitrogens is 3. The molecule has 0 bridgehead atoms. The van der Waals surface area contributed by atoms with E-state index in [-0.39, 0.29) is 6.42 Å². The summed E-state index contributed by atoms with van der Waals surface area (Å²) in [5, 5.41) is 27.8. The summed E-state index contributed by atoms with van der Waals surface area (Å²) in [4.78, 5) is 17.8. The van der Waals surface area contributed by atoms with Crippen LogP contribution in [0.1, 0.15) is 64.1 Å². The minimum absolute atomic E-state index is 0.147. The molecule has 1 atom stereocenters. The van der Waals surface area contributed by atoms with Gasteiger partial charge in [-0.2, -0.15) is 0 Å². The fourth-order valence-corrected chi connectivity index (χ4v) is 5.27. The molecule has 1 aliphatic rings. The zero-order chi connectivity index (χ0) is 22.8. The van der Waals surface area contributed by atoms with Crippen molar-refractivity contribution < 1.29 is 15.1 Å². The standard InChI is InChI=1S/C23H27N5O3S/c1-13-14(2)32-23-20(13)21(17-9-7-16(8-10-17)6-4-5-11-24-31)25-18(12-19(29)30)22-27-26-15(3)28(22)23/h7-10,18,24,31H,4-6,11-12H2,1-3H3,(H,29,30)/t18-/m0/s1. The molecule has 3 N–H and O–H groups in total. The van der Waals surface area contributed by atoms with E-state index in [1.807, 2.05) is 11.5 Å². The van der Waals surface area contributed by atoms with E-state index in [0.717, 1.165) is 52.5 Å². The molecule has 1 aromatic carbocycles. The van der Waals surface area contributed by atoms with Crippen LogP contribution in [-0.4, -0.2) is 43.3 Å². The maximum absolute atomic E-state index is 11.6. The molecule has 4 rings (SSSR count). The Hall–Kier alpha value is -2.88. The monoisotopic (exact) mass is 453 g/mol. The Labute approximate surface area is 190 Å². The van der Waals surface area contributed by atoms with Gasteiger partial charge in [-0.25, -0.2) is 5.48 Å². The summed E-state index contributed by atoms with van der Waals surface area (Å²) < 4.78 is 1.97. The first-order chi connectivity index (χ1) is 15.4. The lowest BCUT2D eigenvalue weighted by molar-refractivity contribution is -0.137. The molecule has 3 aromatic rings. The number of aryl methyl sites for hydroxylation is 3. The Morgan fingerprint density at radius 2 is 1.91 bits per heavy atom. The van der Waals surface area contributed by atoms with Crippen molar-refractivity contribution in [3.05, 3.63) is 63.0 Å². The summed E-state index contributed by atoms with van der Waals surface area (Å²) in [7, 11) is 0. The van der Waals surface area contributed by atoms with Gasteiger partial charge in [-0.05, 0) is 51.2 Å². The van der Waals surface area contributed by atoms with E-state index >= 15 is 0 Å². The van der Waals surface area contributed by atoms with Crippen LogP contribution in [0.15, 0.2) is 29.3 Å². The van der Waals surface area contributed by atoms with Crippen molar-refractivity contribution in [2.45, 2.75) is 52.5 Å². The summed E-state index contributed by atoms with van der Waals surface area (Å²) in [6, 6.07) is 7.70. The van der Waals surface area contributed by atoms with Gasteiger partial charge in [0.05, 0.1) is 12.1 Å². The average molecular weight is 454 g/mol. The van der Waals surface area contributed by atoms with E-state index in [1.54, 1.807) is 11.3 Å². The Morgan fingerprint density at radius 3 is 2.59 bits per heavy atom. The van der Waals surface area contributed by atoms with Gasteiger partial charge in [0.25, 0.3) is 0 Å². The summed E-state index contributed by atoms with van der Waals surface area (Å²) >= 11 is 1.66. The van der Waals surface area contributed by atoms with Gasteiger partial charge in [-0.3, -0.25) is 14.4 Å². The Bertz CT molecular complexity index is 1160. The smallest absolute Gasteiger partial charge is 0.306 e. The van der Waals surface area contributed by atoms with Crippen LogP contribution in [0.25, 0.3) is 5.00 Å². The molecule has 0 saturated heterocycles. The highest BCUT2D eigenvalue weighted by atomic mass is 32.1. The van der Waals surface area contributed by atoms with Crippen LogP contribution in [0.3, 0.4) is 0 Å². The zero-order valence-corrected chi connectivity index (χ0v) is 19.2. The van der Waals surface area contributed by atoms with Crippen LogP contribution >= 0.6 is 11.3 Å². The van der Waals surface area contributed by atoms with Gasteiger partial charge in [0.15, 0.2) is 5.82 Å². The van der Waals surface area contributed by atoms with Gasteiger partial charge < -0.3 is 10.3 Å². The molecule has 2 aromatic heterocycles. The van der Waals surface area contributed by atoms with Crippen molar-refractivity contribution >= 4 is 23.0 Å². The fraction of sp³-hybridized carbons (Fsp3) is 0.391. The molecule has 8 nitrogen and oxygen atoms in total. The molecule has 0 aliphatic carbocycles. The van der Waals surface area contributed by atoms with Gasteiger partial charge in [0, 0.05) is 22.5 Å². The van der Waals surface area contributed by atoms with E-state index in [0.29, 0.717) is 12.4 Å². The Kier molecular flexibility index (Phi) is 6.50. The fourth-order valence-electron chi connectivity index (χ4n) is 4.05. The van der Waals surface area contributed by atoms with E-state index in [1.165, 1.54) is 10.4 Å². The second-order valence-corrected chi connectivity index (χ2v) is 9.26. The second-order valence-electron chi connectivity index (χ2n) is 8.06. The highest BCUT2D eigenvalue weighted by molar-refractivity contribution is 7.15. The third kappa shape index (κ3) is 4.23. The van der Waals surface area contributed by atoms with Crippen molar-refractivity contribution in [2.75, 3.05) is 6.54 Å². The number of nitrogens with one attached hydrogen (secondary N) is 1.